The highest BCUT2D eigenvalue weighted by Gasteiger charge is 2.21. The van der Waals surface area contributed by atoms with E-state index in [1.54, 1.807) is 11.9 Å². The zero-order chi connectivity index (χ0) is 20.8. The Morgan fingerprint density at radius 1 is 1.17 bits per heavy atom. The Morgan fingerprint density at radius 2 is 1.90 bits per heavy atom. The molecule has 1 heterocycles. The summed E-state index contributed by atoms with van der Waals surface area (Å²) in [4.78, 5) is 27.3. The predicted molar refractivity (Wildman–Crippen MR) is 111 cm³/mol. The van der Waals surface area contributed by atoms with E-state index in [2.05, 4.69) is 16.7 Å². The fourth-order valence-electron chi connectivity index (χ4n) is 3.31. The Labute approximate surface area is 173 Å². The van der Waals surface area contributed by atoms with Gasteiger partial charge in [0.25, 0.3) is 0 Å². The van der Waals surface area contributed by atoms with Crippen LogP contribution in [0.1, 0.15) is 35.3 Å². The number of thiophene rings is 1. The lowest BCUT2D eigenvalue weighted by Gasteiger charge is -2.16. The molecule has 0 bridgehead atoms. The molecule has 0 saturated heterocycles. The van der Waals surface area contributed by atoms with E-state index in [4.69, 9.17) is 0 Å². The number of likely N-dealkylation sites (N-methyl/N-ethyl adjacent to an activating group) is 1. The van der Waals surface area contributed by atoms with Crippen molar-refractivity contribution in [2.45, 2.75) is 32.1 Å². The molecule has 0 atom stereocenters. The lowest BCUT2D eigenvalue weighted by Crippen LogP contribution is -2.32. The first-order chi connectivity index (χ1) is 14.0. The Hall–Kier alpha value is -2.76. The van der Waals surface area contributed by atoms with E-state index in [0.29, 0.717) is 22.8 Å². The van der Waals surface area contributed by atoms with Crippen molar-refractivity contribution in [2.75, 3.05) is 30.8 Å². The van der Waals surface area contributed by atoms with Crippen LogP contribution in [-0.2, 0) is 22.4 Å². The summed E-state index contributed by atoms with van der Waals surface area (Å²) in [5, 5.41) is 15.7. The van der Waals surface area contributed by atoms with Crippen molar-refractivity contribution in [3.63, 3.8) is 0 Å². The molecule has 2 aromatic rings. The summed E-state index contributed by atoms with van der Waals surface area (Å²) in [6.07, 6.45) is 4.29. The van der Waals surface area contributed by atoms with Gasteiger partial charge in [-0.15, -0.1) is 11.3 Å². The Balaban J connectivity index is 1.47. The number of benzene rings is 1. The van der Waals surface area contributed by atoms with Gasteiger partial charge in [0.2, 0.25) is 11.8 Å². The van der Waals surface area contributed by atoms with Crippen LogP contribution in [0.4, 0.5) is 15.1 Å². The molecule has 0 spiro atoms. The highest BCUT2D eigenvalue weighted by Crippen LogP contribution is 2.37. The molecule has 1 aromatic heterocycles. The quantitative estimate of drug-likeness (QED) is 0.726. The lowest BCUT2D eigenvalue weighted by molar-refractivity contribution is -0.119. The Bertz CT molecular complexity index is 933. The van der Waals surface area contributed by atoms with E-state index in [0.717, 1.165) is 31.2 Å². The van der Waals surface area contributed by atoms with E-state index < -0.39 is 0 Å². The maximum Gasteiger partial charge on any atom is 0.238 e. The molecule has 1 aliphatic carbocycles. The van der Waals surface area contributed by atoms with Crippen molar-refractivity contribution in [3.05, 3.63) is 46.1 Å². The first-order valence-corrected chi connectivity index (χ1v) is 10.4. The average Bonchev–Trinajstić information content (AvgIpc) is 3.05. The van der Waals surface area contributed by atoms with Gasteiger partial charge in [-0.3, -0.25) is 14.5 Å². The summed E-state index contributed by atoms with van der Waals surface area (Å²) < 4.78 is 12.9. The number of rotatable bonds is 7. The Kier molecular flexibility index (Phi) is 6.96. The number of nitrogens with one attached hydrogen (secondary N) is 2. The molecule has 2 N–H and O–H groups in total. The van der Waals surface area contributed by atoms with Crippen molar-refractivity contribution in [2.24, 2.45) is 0 Å². The molecular weight excluding hydrogens is 391 g/mol. The van der Waals surface area contributed by atoms with Crippen molar-refractivity contribution >= 4 is 33.8 Å². The van der Waals surface area contributed by atoms with Gasteiger partial charge in [-0.1, -0.05) is 0 Å². The third kappa shape index (κ3) is 5.62. The summed E-state index contributed by atoms with van der Waals surface area (Å²) in [6.45, 7) is 0.511. The first-order valence-electron chi connectivity index (χ1n) is 9.54. The maximum atomic E-state index is 12.9. The van der Waals surface area contributed by atoms with E-state index in [9.17, 15) is 19.2 Å². The topological polar surface area (TPSA) is 85.2 Å². The molecule has 152 valence electrons. The van der Waals surface area contributed by atoms with Crippen LogP contribution in [-0.4, -0.2) is 36.9 Å². The van der Waals surface area contributed by atoms with Crippen molar-refractivity contribution in [3.8, 4) is 6.07 Å². The highest BCUT2D eigenvalue weighted by atomic mass is 32.1. The SMILES string of the molecule is CN(CCC(=O)Nc1sc2c(c1C#N)CCCC2)CC(=O)Nc1ccc(F)cc1. The fourth-order valence-corrected chi connectivity index (χ4v) is 4.57. The maximum absolute atomic E-state index is 12.9. The lowest BCUT2D eigenvalue weighted by atomic mass is 9.96. The van der Waals surface area contributed by atoms with Gasteiger partial charge >= 0.3 is 0 Å². The van der Waals surface area contributed by atoms with Crippen LogP contribution in [0.3, 0.4) is 0 Å². The number of hydrogen-bond acceptors (Lipinski definition) is 5. The number of amides is 2. The van der Waals surface area contributed by atoms with Crippen LogP contribution in [0.15, 0.2) is 24.3 Å². The summed E-state index contributed by atoms with van der Waals surface area (Å²) >= 11 is 1.50. The molecule has 3 rings (SSSR count). The summed E-state index contributed by atoms with van der Waals surface area (Å²) in [7, 11) is 1.75. The minimum Gasteiger partial charge on any atom is -0.325 e. The monoisotopic (exact) mass is 414 g/mol. The number of carbonyl (C=O) groups is 2. The molecule has 29 heavy (non-hydrogen) atoms. The molecule has 6 nitrogen and oxygen atoms in total. The van der Waals surface area contributed by atoms with Gasteiger partial charge in [0, 0.05) is 23.5 Å². The van der Waals surface area contributed by atoms with Crippen LogP contribution in [0.25, 0.3) is 0 Å². The molecule has 1 aromatic carbocycles. The second kappa shape index (κ2) is 9.63. The number of nitriles is 1. The first kappa shape index (κ1) is 21.0. The van der Waals surface area contributed by atoms with Gasteiger partial charge in [-0.05, 0) is 62.6 Å². The van der Waals surface area contributed by atoms with Crippen LogP contribution in [0.5, 0.6) is 0 Å². The van der Waals surface area contributed by atoms with Gasteiger partial charge in [-0.25, -0.2) is 4.39 Å². The van der Waals surface area contributed by atoms with Crippen molar-refractivity contribution < 1.29 is 14.0 Å². The zero-order valence-electron chi connectivity index (χ0n) is 16.3. The largest absolute Gasteiger partial charge is 0.325 e. The van der Waals surface area contributed by atoms with Gasteiger partial charge in [-0.2, -0.15) is 5.26 Å². The molecule has 0 fully saturated rings. The number of carbonyl (C=O) groups excluding carboxylic acids is 2. The second-order valence-electron chi connectivity index (χ2n) is 7.12. The minimum atomic E-state index is -0.364. The number of aryl methyl sites for hydroxylation is 1. The molecule has 0 unspecified atom stereocenters. The standard InChI is InChI=1S/C21H23FN4O2S/c1-26(13-20(28)24-15-8-6-14(22)7-9-15)11-10-19(27)25-21-17(12-23)16-4-2-3-5-18(16)29-21/h6-9H,2-5,10-11,13H2,1H3,(H,24,28)(H,25,27). The van der Waals surface area contributed by atoms with E-state index in [1.165, 1.54) is 40.5 Å². The number of anilines is 2. The van der Waals surface area contributed by atoms with Crippen LogP contribution in [0, 0.1) is 17.1 Å². The average molecular weight is 415 g/mol. The summed E-state index contributed by atoms with van der Waals surface area (Å²) in [5.41, 5.74) is 2.21. The third-order valence-electron chi connectivity index (χ3n) is 4.80. The van der Waals surface area contributed by atoms with E-state index in [-0.39, 0.29) is 30.6 Å². The molecule has 0 saturated carbocycles. The van der Waals surface area contributed by atoms with Gasteiger partial charge < -0.3 is 10.6 Å². The van der Waals surface area contributed by atoms with Gasteiger partial charge in [0.1, 0.15) is 16.9 Å². The zero-order valence-corrected chi connectivity index (χ0v) is 17.1. The van der Waals surface area contributed by atoms with Crippen molar-refractivity contribution in [1.29, 1.82) is 5.26 Å². The summed E-state index contributed by atoms with van der Waals surface area (Å²) in [6, 6.07) is 7.78. The predicted octanol–water partition coefficient (Wildman–Crippen LogP) is 3.54. The minimum absolute atomic E-state index is 0.113. The molecular formula is C21H23FN4O2S. The highest BCUT2D eigenvalue weighted by molar-refractivity contribution is 7.16. The number of nitrogens with zero attached hydrogens (tertiary/aromatic N) is 2. The molecule has 1 aliphatic rings. The third-order valence-corrected chi connectivity index (χ3v) is 6.01. The number of fused-ring (bicyclic) bond motifs is 1. The van der Waals surface area contributed by atoms with E-state index >= 15 is 0 Å². The normalized spacial score (nSPS) is 12.9. The molecule has 0 radical (unpaired) electrons. The van der Waals surface area contributed by atoms with E-state index in [1.807, 2.05) is 0 Å². The fraction of sp³-hybridized carbons (Fsp3) is 0.381. The molecule has 8 heteroatoms. The smallest absolute Gasteiger partial charge is 0.238 e. The summed E-state index contributed by atoms with van der Waals surface area (Å²) in [5.74, 6) is -0.777. The van der Waals surface area contributed by atoms with Crippen LogP contribution < -0.4 is 10.6 Å². The van der Waals surface area contributed by atoms with Crippen LogP contribution >= 0.6 is 11.3 Å². The van der Waals surface area contributed by atoms with Crippen molar-refractivity contribution in [1.82, 2.24) is 4.90 Å². The second-order valence-corrected chi connectivity index (χ2v) is 8.22. The van der Waals surface area contributed by atoms with Gasteiger partial charge in [0.15, 0.2) is 0 Å². The number of halogens is 1. The van der Waals surface area contributed by atoms with Crippen LogP contribution in [0.2, 0.25) is 0 Å². The molecule has 0 aliphatic heterocycles. The molecule has 2 amide bonds. The Morgan fingerprint density at radius 3 is 2.62 bits per heavy atom. The number of hydrogen-bond donors (Lipinski definition) is 2. The van der Waals surface area contributed by atoms with Gasteiger partial charge in [0.05, 0.1) is 12.1 Å².